The maximum absolute atomic E-state index is 12.8. The Morgan fingerprint density at radius 1 is 0.620 bits per heavy atom. The first-order chi connectivity index (χ1) is 23.9. The van der Waals surface area contributed by atoms with E-state index in [1.807, 2.05) is 59.6 Å². The van der Waals surface area contributed by atoms with Gasteiger partial charge in [-0.25, -0.2) is 9.36 Å². The molecule has 6 aromatic rings. The Morgan fingerprint density at radius 3 is 1.40 bits per heavy atom. The van der Waals surface area contributed by atoms with Crippen LogP contribution in [-0.4, -0.2) is 32.0 Å². The number of benzene rings is 4. The molecule has 1 unspecified atom stereocenters. The SMILES string of the molecule is Cc1ccc(OC(F)F)c(C2CCn3c(=O)c4ccc(Br)cc4n32)c1.Cc1ccc(OC(F)F)c([C@@H]2CCn3c(=O)c4ccc(Br)cc4n32)c1. The average Bonchev–Trinajstić information content (AvgIpc) is 3.82. The molecule has 2 aromatic heterocycles. The van der Waals surface area contributed by atoms with E-state index in [9.17, 15) is 27.2 Å². The number of aromatic nitrogens is 4. The molecule has 260 valence electrons. The summed E-state index contributed by atoms with van der Waals surface area (Å²) < 4.78 is 69.5. The summed E-state index contributed by atoms with van der Waals surface area (Å²) in [6, 6.07) is 20.9. The second-order valence-corrected chi connectivity index (χ2v) is 14.1. The van der Waals surface area contributed by atoms with Crippen LogP contribution < -0.4 is 20.6 Å². The standard InChI is InChI=1S/2C18H15BrF2N2O2/c2*1-10-2-5-16(25-18(20)21)13(8-10)14-6-7-22-17(24)12-4-3-11(19)9-15(12)23(14)22/h2*2-5,8-9,14,18H,6-7H2,1H3/t14-;/m0./s1. The molecule has 2 atom stereocenters. The molecule has 50 heavy (non-hydrogen) atoms. The Morgan fingerprint density at radius 2 is 1.02 bits per heavy atom. The molecular formula is C36H30Br2F4N4O4. The molecule has 0 fully saturated rings. The fourth-order valence-electron chi connectivity index (χ4n) is 7.15. The lowest BCUT2D eigenvalue weighted by atomic mass is 10.0. The minimum absolute atomic E-state index is 0.0611. The molecule has 8 rings (SSSR count). The van der Waals surface area contributed by atoms with Crippen molar-refractivity contribution in [2.24, 2.45) is 0 Å². The molecule has 0 saturated heterocycles. The van der Waals surface area contributed by atoms with Gasteiger partial charge in [-0.2, -0.15) is 17.6 Å². The lowest BCUT2D eigenvalue weighted by Crippen LogP contribution is -2.18. The topological polar surface area (TPSA) is 72.3 Å². The second-order valence-electron chi connectivity index (χ2n) is 12.3. The minimum atomic E-state index is -2.89. The third-order valence-corrected chi connectivity index (χ3v) is 10.1. The predicted octanol–water partition coefficient (Wildman–Crippen LogP) is 8.94. The van der Waals surface area contributed by atoms with Crippen molar-refractivity contribution < 1.29 is 27.0 Å². The molecule has 0 spiro atoms. The fourth-order valence-corrected chi connectivity index (χ4v) is 7.84. The molecule has 0 bridgehead atoms. The van der Waals surface area contributed by atoms with E-state index in [0.717, 1.165) is 31.1 Å². The smallest absolute Gasteiger partial charge is 0.387 e. The summed E-state index contributed by atoms with van der Waals surface area (Å²) >= 11 is 6.87. The van der Waals surface area contributed by atoms with Crippen LogP contribution in [-0.2, 0) is 13.1 Å². The van der Waals surface area contributed by atoms with Gasteiger partial charge in [0.25, 0.3) is 11.1 Å². The number of alkyl halides is 4. The molecule has 4 heterocycles. The van der Waals surface area contributed by atoms with Gasteiger partial charge in [-0.05, 0) is 75.2 Å². The van der Waals surface area contributed by atoms with Crippen molar-refractivity contribution >= 4 is 53.7 Å². The van der Waals surface area contributed by atoms with E-state index in [1.165, 1.54) is 0 Å². The Hall–Kier alpha value is -4.30. The summed E-state index contributed by atoms with van der Waals surface area (Å²) in [5.74, 6) is 0.312. The number of halogens is 6. The number of hydrogen-bond acceptors (Lipinski definition) is 4. The van der Waals surface area contributed by atoms with Gasteiger partial charge in [0.05, 0.1) is 33.9 Å². The van der Waals surface area contributed by atoms with Crippen LogP contribution in [0.5, 0.6) is 11.5 Å². The zero-order valence-electron chi connectivity index (χ0n) is 26.8. The highest BCUT2D eigenvalue weighted by Gasteiger charge is 2.32. The largest absolute Gasteiger partial charge is 0.434 e. The molecule has 4 aromatic carbocycles. The molecule has 0 aliphatic carbocycles. The van der Waals surface area contributed by atoms with Crippen LogP contribution in [0.15, 0.2) is 91.3 Å². The van der Waals surface area contributed by atoms with Crippen molar-refractivity contribution in [3.8, 4) is 11.5 Å². The van der Waals surface area contributed by atoms with Gasteiger partial charge >= 0.3 is 13.2 Å². The number of rotatable bonds is 6. The van der Waals surface area contributed by atoms with E-state index < -0.39 is 13.2 Å². The Balaban J connectivity index is 0.000000157. The lowest BCUT2D eigenvalue weighted by Gasteiger charge is -2.19. The monoisotopic (exact) mass is 816 g/mol. The first-order valence-corrected chi connectivity index (χ1v) is 17.4. The highest BCUT2D eigenvalue weighted by atomic mass is 79.9. The van der Waals surface area contributed by atoms with Crippen LogP contribution in [0, 0.1) is 13.8 Å². The third-order valence-electron chi connectivity index (χ3n) is 9.16. The van der Waals surface area contributed by atoms with Gasteiger partial charge in [0.2, 0.25) is 0 Å². The highest BCUT2D eigenvalue weighted by molar-refractivity contribution is 9.10. The summed E-state index contributed by atoms with van der Waals surface area (Å²) in [6.07, 6.45) is 1.31. The van der Waals surface area contributed by atoms with Crippen molar-refractivity contribution in [2.75, 3.05) is 0 Å². The van der Waals surface area contributed by atoms with E-state index in [1.54, 1.807) is 45.8 Å². The number of ether oxygens (including phenoxy) is 2. The van der Waals surface area contributed by atoms with Crippen LogP contribution in [0.25, 0.3) is 21.8 Å². The maximum atomic E-state index is 12.8. The van der Waals surface area contributed by atoms with E-state index in [-0.39, 0.29) is 34.7 Å². The van der Waals surface area contributed by atoms with E-state index >= 15 is 0 Å². The molecule has 14 heteroatoms. The van der Waals surface area contributed by atoms with E-state index in [2.05, 4.69) is 31.9 Å². The highest BCUT2D eigenvalue weighted by Crippen LogP contribution is 2.39. The summed E-state index contributed by atoms with van der Waals surface area (Å²) in [4.78, 5) is 25.2. The van der Waals surface area contributed by atoms with Gasteiger partial charge in [-0.3, -0.25) is 19.0 Å². The minimum Gasteiger partial charge on any atom is -0.434 e. The molecule has 0 saturated carbocycles. The van der Waals surface area contributed by atoms with Gasteiger partial charge in [-0.1, -0.05) is 67.3 Å². The quantitative estimate of drug-likeness (QED) is 0.158. The first kappa shape index (κ1) is 34.2. The molecule has 2 aliphatic rings. The fraction of sp³-hybridized carbons (Fsp3) is 0.278. The van der Waals surface area contributed by atoms with Crippen molar-refractivity contribution in [1.82, 2.24) is 18.7 Å². The van der Waals surface area contributed by atoms with Gasteiger partial charge in [0, 0.05) is 33.2 Å². The van der Waals surface area contributed by atoms with Crippen LogP contribution in [0.3, 0.4) is 0 Å². The molecular weight excluding hydrogens is 788 g/mol. The first-order valence-electron chi connectivity index (χ1n) is 15.8. The van der Waals surface area contributed by atoms with Crippen molar-refractivity contribution in [3.05, 3.63) is 125 Å². The number of aryl methyl sites for hydroxylation is 2. The zero-order chi connectivity index (χ0) is 35.4. The number of hydrogen-bond donors (Lipinski definition) is 0. The van der Waals surface area contributed by atoms with E-state index in [0.29, 0.717) is 47.8 Å². The normalized spacial score (nSPS) is 16.6. The second kappa shape index (κ2) is 13.4. The lowest BCUT2D eigenvalue weighted by molar-refractivity contribution is -0.0513. The Kier molecular flexibility index (Phi) is 9.18. The Labute approximate surface area is 299 Å². The average molecular weight is 818 g/mol. The maximum Gasteiger partial charge on any atom is 0.387 e. The van der Waals surface area contributed by atoms with Crippen LogP contribution in [0.2, 0.25) is 0 Å². The van der Waals surface area contributed by atoms with Gasteiger partial charge in [0.1, 0.15) is 11.5 Å². The summed E-state index contributed by atoms with van der Waals surface area (Å²) in [5, 5.41) is 1.24. The molecule has 8 nitrogen and oxygen atoms in total. The van der Waals surface area contributed by atoms with Gasteiger partial charge in [0.15, 0.2) is 0 Å². The van der Waals surface area contributed by atoms with Crippen LogP contribution >= 0.6 is 31.9 Å². The summed E-state index contributed by atoms with van der Waals surface area (Å²) in [5.41, 5.74) is 4.69. The zero-order valence-corrected chi connectivity index (χ0v) is 29.9. The van der Waals surface area contributed by atoms with Crippen LogP contribution in [0.4, 0.5) is 17.6 Å². The third kappa shape index (κ3) is 6.16. The van der Waals surface area contributed by atoms with Crippen molar-refractivity contribution in [3.63, 3.8) is 0 Å². The van der Waals surface area contributed by atoms with Gasteiger partial charge < -0.3 is 9.47 Å². The molecule has 0 N–H and O–H groups in total. The van der Waals surface area contributed by atoms with E-state index in [4.69, 9.17) is 9.47 Å². The number of nitrogens with zero attached hydrogens (tertiary/aromatic N) is 4. The molecule has 2 aliphatic heterocycles. The predicted molar refractivity (Wildman–Crippen MR) is 189 cm³/mol. The molecule has 0 radical (unpaired) electrons. The van der Waals surface area contributed by atoms with Gasteiger partial charge in [-0.15, -0.1) is 0 Å². The summed E-state index contributed by atoms with van der Waals surface area (Å²) in [7, 11) is 0. The summed E-state index contributed by atoms with van der Waals surface area (Å²) in [6.45, 7) is -0.888. The molecule has 0 amide bonds. The van der Waals surface area contributed by atoms with Crippen LogP contribution in [0.1, 0.15) is 47.2 Å². The number of fused-ring (bicyclic) bond motifs is 6. The Bertz CT molecular complexity index is 2220. The van der Waals surface area contributed by atoms with Crippen molar-refractivity contribution in [1.29, 1.82) is 0 Å². The van der Waals surface area contributed by atoms with Crippen molar-refractivity contribution in [2.45, 2.75) is 65.1 Å².